The third-order valence-electron chi connectivity index (χ3n) is 5.27. The summed E-state index contributed by atoms with van der Waals surface area (Å²) in [5, 5.41) is 6.36. The standard InChI is InChI=1S/C23H17ClN4O3S/c1-14-6-2-4-8-16(14)21-25-19(31-26-21)13-27-18-10-11-32-20(18)22(29)28(23(27)30)12-15-7-3-5-9-17(15)24/h2-11H,12-13H2,1H3. The van der Waals surface area contributed by atoms with Gasteiger partial charge >= 0.3 is 5.69 Å². The van der Waals surface area contributed by atoms with Gasteiger partial charge < -0.3 is 4.52 Å². The molecular formula is C23H17ClN4O3S. The monoisotopic (exact) mass is 464 g/mol. The molecule has 3 aromatic heterocycles. The van der Waals surface area contributed by atoms with E-state index in [1.807, 2.05) is 37.3 Å². The fourth-order valence-corrected chi connectivity index (χ4v) is 4.65. The number of benzene rings is 2. The summed E-state index contributed by atoms with van der Waals surface area (Å²) in [7, 11) is 0. The van der Waals surface area contributed by atoms with Gasteiger partial charge in [-0.05, 0) is 35.6 Å². The van der Waals surface area contributed by atoms with Crippen LogP contribution in [0.5, 0.6) is 0 Å². The van der Waals surface area contributed by atoms with Gasteiger partial charge in [0.2, 0.25) is 11.7 Å². The molecule has 0 spiro atoms. The molecular weight excluding hydrogens is 448 g/mol. The quantitative estimate of drug-likeness (QED) is 0.386. The van der Waals surface area contributed by atoms with Crippen molar-refractivity contribution in [2.75, 3.05) is 0 Å². The smallest absolute Gasteiger partial charge is 0.332 e. The van der Waals surface area contributed by atoms with Gasteiger partial charge in [0, 0.05) is 10.6 Å². The number of thiophene rings is 1. The Kier molecular flexibility index (Phi) is 5.24. The summed E-state index contributed by atoms with van der Waals surface area (Å²) >= 11 is 7.55. The van der Waals surface area contributed by atoms with Gasteiger partial charge in [-0.15, -0.1) is 11.3 Å². The second-order valence-electron chi connectivity index (χ2n) is 7.31. The highest BCUT2D eigenvalue weighted by atomic mass is 35.5. The number of aromatic nitrogens is 4. The topological polar surface area (TPSA) is 82.9 Å². The second kappa shape index (κ2) is 8.22. The molecule has 0 aliphatic carbocycles. The zero-order valence-electron chi connectivity index (χ0n) is 17.0. The molecule has 0 saturated heterocycles. The Labute approximate surface area is 191 Å². The van der Waals surface area contributed by atoms with E-state index in [0.29, 0.717) is 26.6 Å². The average molecular weight is 465 g/mol. The maximum absolute atomic E-state index is 13.4. The van der Waals surface area contributed by atoms with Crippen LogP contribution in [0, 0.1) is 6.92 Å². The van der Waals surface area contributed by atoms with Crippen LogP contribution in [0.4, 0.5) is 0 Å². The lowest BCUT2D eigenvalue weighted by Crippen LogP contribution is -2.40. The van der Waals surface area contributed by atoms with Gasteiger partial charge in [-0.3, -0.25) is 13.9 Å². The number of nitrogens with zero attached hydrogens (tertiary/aromatic N) is 4. The van der Waals surface area contributed by atoms with E-state index < -0.39 is 5.69 Å². The molecule has 9 heteroatoms. The van der Waals surface area contributed by atoms with Crippen LogP contribution in [0.15, 0.2) is 74.1 Å². The number of hydrogen-bond donors (Lipinski definition) is 0. The Bertz CT molecular complexity index is 1560. The Morgan fingerprint density at radius 1 is 1.00 bits per heavy atom. The number of rotatable bonds is 5. The van der Waals surface area contributed by atoms with Crippen molar-refractivity contribution in [3.05, 3.63) is 103 Å². The molecule has 0 N–H and O–H groups in total. The molecule has 32 heavy (non-hydrogen) atoms. The van der Waals surface area contributed by atoms with E-state index in [1.54, 1.807) is 29.6 Å². The van der Waals surface area contributed by atoms with Crippen molar-refractivity contribution >= 4 is 33.2 Å². The molecule has 0 bridgehead atoms. The van der Waals surface area contributed by atoms with Crippen molar-refractivity contribution in [2.24, 2.45) is 0 Å². The van der Waals surface area contributed by atoms with Gasteiger partial charge in [0.25, 0.3) is 5.56 Å². The lowest BCUT2D eigenvalue weighted by atomic mass is 10.1. The highest BCUT2D eigenvalue weighted by molar-refractivity contribution is 7.17. The molecule has 5 aromatic rings. The molecule has 7 nitrogen and oxygen atoms in total. The van der Waals surface area contributed by atoms with Crippen molar-refractivity contribution in [3.8, 4) is 11.4 Å². The SMILES string of the molecule is Cc1ccccc1-c1noc(Cn2c(=O)n(Cc3ccccc3Cl)c(=O)c3sccc32)n1. The largest absolute Gasteiger partial charge is 0.337 e. The first-order chi connectivity index (χ1) is 15.5. The van der Waals surface area contributed by atoms with Crippen LogP contribution in [-0.4, -0.2) is 19.3 Å². The maximum Gasteiger partial charge on any atom is 0.332 e. The van der Waals surface area contributed by atoms with Crippen LogP contribution in [0.1, 0.15) is 17.0 Å². The molecule has 5 rings (SSSR count). The van der Waals surface area contributed by atoms with Gasteiger partial charge in [0.15, 0.2) is 0 Å². The first-order valence-electron chi connectivity index (χ1n) is 9.86. The van der Waals surface area contributed by atoms with Crippen molar-refractivity contribution in [1.29, 1.82) is 0 Å². The predicted octanol–water partition coefficient (Wildman–Crippen LogP) is 4.33. The third kappa shape index (κ3) is 3.57. The van der Waals surface area contributed by atoms with Crippen LogP contribution >= 0.6 is 22.9 Å². The number of fused-ring (bicyclic) bond motifs is 1. The van der Waals surface area contributed by atoms with E-state index in [9.17, 15) is 9.59 Å². The minimum Gasteiger partial charge on any atom is -0.337 e. The Balaban J connectivity index is 1.59. The highest BCUT2D eigenvalue weighted by Gasteiger charge is 2.18. The van der Waals surface area contributed by atoms with Crippen LogP contribution in [0.3, 0.4) is 0 Å². The first kappa shape index (κ1) is 20.4. The van der Waals surface area contributed by atoms with Crippen LogP contribution in [-0.2, 0) is 13.1 Å². The van der Waals surface area contributed by atoms with E-state index in [-0.39, 0.29) is 24.5 Å². The van der Waals surface area contributed by atoms with Crippen molar-refractivity contribution in [2.45, 2.75) is 20.0 Å². The summed E-state index contributed by atoms with van der Waals surface area (Å²) in [5.41, 5.74) is 2.30. The zero-order chi connectivity index (χ0) is 22.2. The lowest BCUT2D eigenvalue weighted by Gasteiger charge is -2.11. The zero-order valence-corrected chi connectivity index (χ0v) is 18.6. The summed E-state index contributed by atoms with van der Waals surface area (Å²) in [6.45, 7) is 2.09. The second-order valence-corrected chi connectivity index (χ2v) is 8.64. The number of halogens is 1. The Morgan fingerprint density at radius 3 is 2.59 bits per heavy atom. The van der Waals surface area contributed by atoms with Gasteiger partial charge in [-0.25, -0.2) is 4.79 Å². The number of aryl methyl sites for hydroxylation is 1. The molecule has 0 fully saturated rings. The molecule has 0 atom stereocenters. The average Bonchev–Trinajstić information content (AvgIpc) is 3.46. The predicted molar refractivity (Wildman–Crippen MR) is 124 cm³/mol. The highest BCUT2D eigenvalue weighted by Crippen LogP contribution is 2.21. The minimum absolute atomic E-state index is 0.0494. The molecule has 0 aliphatic heterocycles. The Hall–Kier alpha value is -3.49. The number of hydrogen-bond acceptors (Lipinski definition) is 6. The molecule has 0 saturated carbocycles. The van der Waals surface area contributed by atoms with E-state index in [4.69, 9.17) is 16.1 Å². The molecule has 0 radical (unpaired) electrons. The molecule has 160 valence electrons. The fourth-order valence-electron chi connectivity index (χ4n) is 3.61. The van der Waals surface area contributed by atoms with Crippen molar-refractivity contribution in [1.82, 2.24) is 19.3 Å². The summed E-state index contributed by atoms with van der Waals surface area (Å²) in [4.78, 5) is 30.8. The lowest BCUT2D eigenvalue weighted by molar-refractivity contribution is 0.369. The Morgan fingerprint density at radius 2 is 1.78 bits per heavy atom. The summed E-state index contributed by atoms with van der Waals surface area (Å²) in [6.07, 6.45) is 0. The fraction of sp³-hybridized carbons (Fsp3) is 0.130. The molecule has 0 amide bonds. The van der Waals surface area contributed by atoms with Crippen molar-refractivity contribution < 1.29 is 4.52 Å². The van der Waals surface area contributed by atoms with E-state index in [0.717, 1.165) is 11.1 Å². The minimum atomic E-state index is -0.462. The normalized spacial score (nSPS) is 11.3. The third-order valence-corrected chi connectivity index (χ3v) is 6.53. The molecule has 0 unspecified atom stereocenters. The van der Waals surface area contributed by atoms with E-state index >= 15 is 0 Å². The van der Waals surface area contributed by atoms with E-state index in [2.05, 4.69) is 10.1 Å². The first-order valence-corrected chi connectivity index (χ1v) is 11.1. The molecule has 0 aliphatic rings. The van der Waals surface area contributed by atoms with Crippen LogP contribution < -0.4 is 11.2 Å². The summed E-state index contributed by atoms with van der Waals surface area (Å²) in [6, 6.07) is 16.6. The van der Waals surface area contributed by atoms with E-state index in [1.165, 1.54) is 20.5 Å². The van der Waals surface area contributed by atoms with Gasteiger partial charge in [0.1, 0.15) is 11.2 Å². The van der Waals surface area contributed by atoms with Gasteiger partial charge in [0.05, 0.1) is 12.1 Å². The van der Waals surface area contributed by atoms with Crippen LogP contribution in [0.2, 0.25) is 5.02 Å². The summed E-state index contributed by atoms with van der Waals surface area (Å²) in [5.74, 6) is 0.734. The van der Waals surface area contributed by atoms with Gasteiger partial charge in [-0.1, -0.05) is 59.2 Å². The van der Waals surface area contributed by atoms with Gasteiger partial charge in [-0.2, -0.15) is 4.98 Å². The summed E-state index contributed by atoms with van der Waals surface area (Å²) < 4.78 is 8.60. The molecule has 3 heterocycles. The van der Waals surface area contributed by atoms with Crippen LogP contribution in [0.25, 0.3) is 21.6 Å². The maximum atomic E-state index is 13.4. The molecule has 2 aromatic carbocycles. The van der Waals surface area contributed by atoms with Crippen molar-refractivity contribution in [3.63, 3.8) is 0 Å².